The number of hydrogen-bond acceptors (Lipinski definition) is 5. The Balaban J connectivity index is 1.52. The van der Waals surface area contributed by atoms with Gasteiger partial charge in [-0.25, -0.2) is 0 Å². The van der Waals surface area contributed by atoms with Gasteiger partial charge in [0.15, 0.2) is 11.0 Å². The van der Waals surface area contributed by atoms with E-state index in [2.05, 4.69) is 16.2 Å². The fourth-order valence-corrected chi connectivity index (χ4v) is 3.78. The number of hydrazine groups is 1. The summed E-state index contributed by atoms with van der Waals surface area (Å²) in [4.78, 5) is 38.1. The molecule has 0 fully saturated rings. The Bertz CT molecular complexity index is 1440. The molecule has 34 heavy (non-hydrogen) atoms. The quantitative estimate of drug-likeness (QED) is 0.391. The number of rotatable bonds is 5. The SMILES string of the molecule is Cc1ccc(NCC(=O)NNC(=O)c2cccc3c(=O)c(C)c(-c4ccccc4)oc23)c(C)c1. The van der Waals surface area contributed by atoms with Crippen molar-refractivity contribution in [1.29, 1.82) is 0 Å². The van der Waals surface area contributed by atoms with Crippen LogP contribution >= 0.6 is 0 Å². The van der Waals surface area contributed by atoms with Crippen LogP contribution in [-0.2, 0) is 4.79 Å². The van der Waals surface area contributed by atoms with Crippen LogP contribution < -0.4 is 21.6 Å². The number of amides is 2. The molecular weight excluding hydrogens is 430 g/mol. The largest absolute Gasteiger partial charge is 0.455 e. The van der Waals surface area contributed by atoms with Gasteiger partial charge in [-0.2, -0.15) is 0 Å². The molecule has 3 aromatic carbocycles. The van der Waals surface area contributed by atoms with Crippen molar-refractivity contribution in [3.05, 3.63) is 99.2 Å². The van der Waals surface area contributed by atoms with Gasteiger partial charge < -0.3 is 9.73 Å². The summed E-state index contributed by atoms with van der Waals surface area (Å²) in [5.41, 5.74) is 9.09. The minimum absolute atomic E-state index is 0.0217. The summed E-state index contributed by atoms with van der Waals surface area (Å²) >= 11 is 0. The minimum atomic E-state index is -0.587. The predicted molar refractivity (Wildman–Crippen MR) is 133 cm³/mol. The van der Waals surface area contributed by atoms with Crippen LogP contribution in [0.5, 0.6) is 0 Å². The Kier molecular flexibility index (Phi) is 6.45. The molecule has 3 N–H and O–H groups in total. The van der Waals surface area contributed by atoms with Gasteiger partial charge in [-0.15, -0.1) is 0 Å². The Morgan fingerprint density at radius 1 is 0.882 bits per heavy atom. The highest BCUT2D eigenvalue weighted by atomic mass is 16.3. The molecule has 1 heterocycles. The first kappa shape index (κ1) is 22.8. The summed E-state index contributed by atoms with van der Waals surface area (Å²) < 4.78 is 6.06. The zero-order valence-electron chi connectivity index (χ0n) is 19.2. The first-order valence-electron chi connectivity index (χ1n) is 10.9. The first-order valence-corrected chi connectivity index (χ1v) is 10.9. The molecule has 0 aliphatic heterocycles. The maximum absolute atomic E-state index is 13.0. The van der Waals surface area contributed by atoms with Crippen LogP contribution in [0, 0.1) is 20.8 Å². The predicted octanol–water partition coefficient (Wildman–Crippen LogP) is 4.26. The normalized spacial score (nSPS) is 10.7. The smallest absolute Gasteiger partial charge is 0.273 e. The maximum atomic E-state index is 13.0. The minimum Gasteiger partial charge on any atom is -0.455 e. The number of para-hydroxylation sites is 1. The first-order chi connectivity index (χ1) is 16.3. The second-order valence-corrected chi connectivity index (χ2v) is 8.11. The third-order valence-electron chi connectivity index (χ3n) is 5.56. The highest BCUT2D eigenvalue weighted by Gasteiger charge is 2.18. The topological polar surface area (TPSA) is 100 Å². The van der Waals surface area contributed by atoms with E-state index < -0.39 is 11.8 Å². The molecular formula is C27H25N3O4. The summed E-state index contributed by atoms with van der Waals surface area (Å²) in [6.45, 7) is 5.63. The molecule has 0 aliphatic rings. The number of carbonyl (C=O) groups is 2. The third-order valence-corrected chi connectivity index (χ3v) is 5.56. The molecule has 172 valence electrons. The van der Waals surface area contributed by atoms with Gasteiger partial charge in [-0.1, -0.05) is 54.1 Å². The molecule has 0 unspecified atom stereocenters. The van der Waals surface area contributed by atoms with E-state index in [0.29, 0.717) is 16.7 Å². The summed E-state index contributed by atoms with van der Waals surface area (Å²) in [5.74, 6) is -0.604. The van der Waals surface area contributed by atoms with Crippen LogP contribution in [-0.4, -0.2) is 18.4 Å². The molecule has 0 saturated carbocycles. The van der Waals surface area contributed by atoms with Crippen molar-refractivity contribution in [3.8, 4) is 11.3 Å². The number of nitrogens with one attached hydrogen (secondary N) is 3. The molecule has 7 heteroatoms. The van der Waals surface area contributed by atoms with Crippen molar-refractivity contribution in [3.63, 3.8) is 0 Å². The molecule has 4 rings (SSSR count). The lowest BCUT2D eigenvalue weighted by Crippen LogP contribution is -2.44. The van der Waals surface area contributed by atoms with Crippen LogP contribution in [0.1, 0.15) is 27.0 Å². The van der Waals surface area contributed by atoms with Gasteiger partial charge in [0, 0.05) is 16.8 Å². The zero-order valence-corrected chi connectivity index (χ0v) is 19.2. The molecule has 0 atom stereocenters. The number of hydrogen-bond donors (Lipinski definition) is 3. The zero-order chi connectivity index (χ0) is 24.2. The van der Waals surface area contributed by atoms with E-state index in [1.807, 2.05) is 62.4 Å². The van der Waals surface area contributed by atoms with Crippen LogP contribution in [0.15, 0.2) is 75.9 Å². The number of fused-ring (bicyclic) bond motifs is 1. The highest BCUT2D eigenvalue weighted by Crippen LogP contribution is 2.27. The lowest BCUT2D eigenvalue weighted by Gasteiger charge is -2.12. The lowest BCUT2D eigenvalue weighted by molar-refractivity contribution is -0.120. The molecule has 0 spiro atoms. The van der Waals surface area contributed by atoms with Crippen molar-refractivity contribution in [2.24, 2.45) is 0 Å². The van der Waals surface area contributed by atoms with Crippen LogP contribution in [0.25, 0.3) is 22.3 Å². The fraction of sp³-hybridized carbons (Fsp3) is 0.148. The lowest BCUT2D eigenvalue weighted by atomic mass is 10.0. The van der Waals surface area contributed by atoms with Crippen molar-refractivity contribution in [2.45, 2.75) is 20.8 Å². The molecule has 1 aromatic heterocycles. The van der Waals surface area contributed by atoms with E-state index in [0.717, 1.165) is 22.4 Å². The van der Waals surface area contributed by atoms with Gasteiger partial charge in [0.2, 0.25) is 0 Å². The van der Waals surface area contributed by atoms with Gasteiger partial charge in [0.1, 0.15) is 5.76 Å². The van der Waals surface area contributed by atoms with Crippen LogP contribution in [0.3, 0.4) is 0 Å². The molecule has 0 saturated heterocycles. The summed E-state index contributed by atoms with van der Waals surface area (Å²) in [7, 11) is 0. The van der Waals surface area contributed by atoms with E-state index in [-0.39, 0.29) is 23.1 Å². The van der Waals surface area contributed by atoms with Crippen LogP contribution in [0.4, 0.5) is 5.69 Å². The van der Waals surface area contributed by atoms with Crippen molar-refractivity contribution in [1.82, 2.24) is 10.9 Å². The average molecular weight is 456 g/mol. The van der Waals surface area contributed by atoms with Gasteiger partial charge in [0.05, 0.1) is 17.5 Å². The van der Waals surface area contributed by atoms with E-state index in [1.54, 1.807) is 25.1 Å². The summed E-state index contributed by atoms with van der Waals surface area (Å²) in [6.07, 6.45) is 0. The van der Waals surface area contributed by atoms with Crippen molar-refractivity contribution >= 4 is 28.5 Å². The molecule has 4 aromatic rings. The Morgan fingerprint density at radius 2 is 1.65 bits per heavy atom. The van der Waals surface area contributed by atoms with Crippen LogP contribution in [0.2, 0.25) is 0 Å². The Morgan fingerprint density at radius 3 is 2.38 bits per heavy atom. The second kappa shape index (κ2) is 9.62. The molecule has 2 amide bonds. The monoisotopic (exact) mass is 455 g/mol. The van der Waals surface area contributed by atoms with E-state index in [1.165, 1.54) is 0 Å². The third kappa shape index (κ3) is 4.68. The van der Waals surface area contributed by atoms with Crippen molar-refractivity contribution in [2.75, 3.05) is 11.9 Å². The van der Waals surface area contributed by atoms with Gasteiger partial charge in [-0.05, 0) is 44.5 Å². The average Bonchev–Trinajstić information content (AvgIpc) is 2.84. The number of aryl methyl sites for hydroxylation is 2. The summed E-state index contributed by atoms with van der Waals surface area (Å²) in [5, 5.41) is 3.35. The molecule has 7 nitrogen and oxygen atoms in total. The fourth-order valence-electron chi connectivity index (χ4n) is 3.78. The number of benzene rings is 3. The number of anilines is 1. The van der Waals surface area contributed by atoms with E-state index in [9.17, 15) is 14.4 Å². The summed E-state index contributed by atoms with van der Waals surface area (Å²) in [6, 6.07) is 19.9. The molecule has 0 bridgehead atoms. The van der Waals surface area contributed by atoms with Gasteiger partial charge >= 0.3 is 0 Å². The molecule has 0 aliphatic carbocycles. The van der Waals surface area contributed by atoms with Gasteiger partial charge in [0.25, 0.3) is 11.8 Å². The highest BCUT2D eigenvalue weighted by molar-refractivity contribution is 6.05. The standard InChI is InChI=1S/C27H25N3O4/c1-16-12-13-22(17(2)14-16)28-15-23(31)29-30-27(33)21-11-7-10-20-24(32)18(3)25(34-26(20)21)19-8-5-4-6-9-19/h4-14,28H,15H2,1-3H3,(H,29,31)(H,30,33). The van der Waals surface area contributed by atoms with Gasteiger partial charge in [-0.3, -0.25) is 25.2 Å². The second-order valence-electron chi connectivity index (χ2n) is 8.11. The molecule has 0 radical (unpaired) electrons. The van der Waals surface area contributed by atoms with Crippen molar-refractivity contribution < 1.29 is 14.0 Å². The number of carbonyl (C=O) groups excluding carboxylic acids is 2. The Labute approximate surface area is 196 Å². The van der Waals surface area contributed by atoms with E-state index >= 15 is 0 Å². The van der Waals surface area contributed by atoms with E-state index in [4.69, 9.17) is 4.42 Å². The Hall–Kier alpha value is -4.39. The maximum Gasteiger partial charge on any atom is 0.273 e.